The summed E-state index contributed by atoms with van der Waals surface area (Å²) in [4.78, 5) is 71.2. The number of ether oxygens (including phenoxy) is 2. The summed E-state index contributed by atoms with van der Waals surface area (Å²) in [7, 11) is 0. The number of hydrogen-bond acceptors (Lipinski definition) is 10. The van der Waals surface area contributed by atoms with Gasteiger partial charge < -0.3 is 41.2 Å². The summed E-state index contributed by atoms with van der Waals surface area (Å²) in [6, 6.07) is 10.3. The molecule has 61 heavy (non-hydrogen) atoms. The quantitative estimate of drug-likeness (QED) is 0.0918. The Morgan fingerprint density at radius 2 is 1.69 bits per heavy atom. The number of carbonyl (C=O) groups is 5. The van der Waals surface area contributed by atoms with Gasteiger partial charge in [0, 0.05) is 37.9 Å². The minimum absolute atomic E-state index is 0.0189. The Morgan fingerprint density at radius 3 is 2.30 bits per heavy atom. The molecule has 2 heterocycles. The van der Waals surface area contributed by atoms with E-state index in [-0.39, 0.29) is 57.2 Å². The van der Waals surface area contributed by atoms with Crippen LogP contribution in [0.4, 0.5) is 9.18 Å². The molecule has 2 aromatic carbocycles. The van der Waals surface area contributed by atoms with Crippen molar-refractivity contribution in [2.24, 2.45) is 11.1 Å². The summed E-state index contributed by atoms with van der Waals surface area (Å²) in [6.45, 7) is 14.5. The predicted octanol–water partition coefficient (Wildman–Crippen LogP) is 5.84. The van der Waals surface area contributed by atoms with E-state index in [0.717, 1.165) is 27.3 Å². The molecule has 0 spiro atoms. The topological polar surface area (TPSA) is 202 Å². The van der Waals surface area contributed by atoms with Gasteiger partial charge in [0.05, 0.1) is 40.9 Å². The molecule has 0 radical (unpaired) electrons. The maximum absolute atomic E-state index is 15.2. The largest absolute Gasteiger partial charge is 0.444 e. The highest BCUT2D eigenvalue weighted by Crippen LogP contribution is 2.29. The second kappa shape index (κ2) is 21.7. The van der Waals surface area contributed by atoms with Crippen LogP contribution in [0, 0.1) is 18.2 Å². The van der Waals surface area contributed by atoms with Crippen molar-refractivity contribution in [1.82, 2.24) is 25.8 Å². The molecule has 1 aliphatic rings. The number of β-amino-alcohol motifs (C(OH)–C–C–N with tert-alkyl or cyclic N) is 1. The van der Waals surface area contributed by atoms with Crippen LogP contribution in [0.2, 0.25) is 0 Å². The lowest BCUT2D eigenvalue weighted by molar-refractivity contribution is -0.144. The van der Waals surface area contributed by atoms with Crippen LogP contribution in [0.5, 0.6) is 0 Å². The van der Waals surface area contributed by atoms with Crippen LogP contribution >= 0.6 is 11.3 Å². The Labute approximate surface area is 362 Å². The Bertz CT molecular complexity index is 1980. The lowest BCUT2D eigenvalue weighted by Crippen LogP contribution is -2.57. The van der Waals surface area contributed by atoms with Gasteiger partial charge in [-0.25, -0.2) is 14.2 Å². The van der Waals surface area contributed by atoms with E-state index in [9.17, 15) is 29.1 Å². The Morgan fingerprint density at radius 1 is 1.00 bits per heavy atom. The second-order valence-electron chi connectivity index (χ2n) is 17.9. The minimum atomic E-state index is -0.943. The fourth-order valence-electron chi connectivity index (χ4n) is 7.01. The summed E-state index contributed by atoms with van der Waals surface area (Å²) in [5.74, 6) is -2.12. The average Bonchev–Trinajstić information content (AvgIpc) is 3.79. The number of aryl methyl sites for hydroxylation is 2. The normalized spacial score (nSPS) is 17.0. The van der Waals surface area contributed by atoms with E-state index in [1.807, 2.05) is 52.0 Å². The standard InChI is InChI=1S/C45H63FN6O8S/c1-27-39(61-26-49-27)31-16-14-30(15-17-31)23-48-41(56)36-22-33(53)24-52(36)42(57)40(44(3,4)5)51-38(55)12-10-9-11-29-13-18-32(34(46)21-29)25-59-28(2)35(19-20-37(47)54)50-43(58)60-45(6,7)8/h13-18,21,26,28,33,35-36,40,53H,9-12,19-20,22-25H2,1-8H3,(H2,47,54)(H,48,56)(H,50,58)(H,51,55)/t28-,33-,35+,36+,40-/m1/s1. The number of alkyl carbamates (subject to hydrolysis) is 1. The lowest BCUT2D eigenvalue weighted by Gasteiger charge is -2.35. The van der Waals surface area contributed by atoms with Crippen LogP contribution in [-0.2, 0) is 48.2 Å². The van der Waals surface area contributed by atoms with Gasteiger partial charge in [-0.2, -0.15) is 0 Å². The van der Waals surface area contributed by atoms with Crippen molar-refractivity contribution in [3.8, 4) is 10.4 Å². The third-order valence-corrected chi connectivity index (χ3v) is 11.4. The second-order valence-corrected chi connectivity index (χ2v) is 18.7. The molecule has 334 valence electrons. The number of halogens is 1. The summed E-state index contributed by atoms with van der Waals surface area (Å²) in [5.41, 5.74) is 9.64. The van der Waals surface area contributed by atoms with Crippen molar-refractivity contribution < 1.29 is 42.9 Å². The number of carbonyl (C=O) groups excluding carboxylic acids is 5. The molecular weight excluding hydrogens is 804 g/mol. The van der Waals surface area contributed by atoms with Crippen LogP contribution in [0.1, 0.15) is 109 Å². The van der Waals surface area contributed by atoms with Crippen molar-refractivity contribution in [3.63, 3.8) is 0 Å². The van der Waals surface area contributed by atoms with E-state index < -0.39 is 65.1 Å². The summed E-state index contributed by atoms with van der Waals surface area (Å²) in [6.07, 6.45) is -0.0994. The molecule has 0 aliphatic carbocycles. The van der Waals surface area contributed by atoms with Crippen LogP contribution in [0.25, 0.3) is 10.4 Å². The van der Waals surface area contributed by atoms with Crippen LogP contribution in [0.3, 0.4) is 0 Å². The Hall–Kier alpha value is -4.93. The number of aliphatic hydroxyl groups excluding tert-OH is 1. The third-order valence-electron chi connectivity index (χ3n) is 10.4. The first-order valence-corrected chi connectivity index (χ1v) is 21.7. The summed E-state index contributed by atoms with van der Waals surface area (Å²) >= 11 is 1.56. The number of primary amides is 1. The number of likely N-dealkylation sites (tertiary alicyclic amines) is 1. The number of nitrogens with two attached hydrogens (primary N) is 1. The Kier molecular flexibility index (Phi) is 17.4. The smallest absolute Gasteiger partial charge is 0.407 e. The molecule has 1 aliphatic heterocycles. The number of hydrogen-bond donors (Lipinski definition) is 5. The van der Waals surface area contributed by atoms with Gasteiger partial charge in [0.15, 0.2) is 0 Å². The first-order valence-electron chi connectivity index (χ1n) is 20.8. The van der Waals surface area contributed by atoms with Crippen molar-refractivity contribution >= 4 is 41.1 Å². The van der Waals surface area contributed by atoms with E-state index in [2.05, 4.69) is 20.9 Å². The molecule has 5 amide bonds. The number of aliphatic hydroxyl groups is 1. The zero-order chi connectivity index (χ0) is 45.1. The van der Waals surface area contributed by atoms with Crippen molar-refractivity contribution in [1.29, 1.82) is 0 Å². The average molecular weight is 867 g/mol. The zero-order valence-corrected chi connectivity index (χ0v) is 37.5. The van der Waals surface area contributed by atoms with E-state index in [1.165, 1.54) is 11.0 Å². The fraction of sp³-hybridized carbons (Fsp3) is 0.556. The summed E-state index contributed by atoms with van der Waals surface area (Å²) in [5, 5.41) is 19.1. The first-order chi connectivity index (χ1) is 28.6. The number of unbranched alkanes of at least 4 members (excludes halogenated alkanes) is 1. The maximum Gasteiger partial charge on any atom is 0.407 e. The van der Waals surface area contributed by atoms with Gasteiger partial charge in [0.1, 0.15) is 23.5 Å². The molecule has 6 N–H and O–H groups in total. The lowest BCUT2D eigenvalue weighted by atomic mass is 9.85. The van der Waals surface area contributed by atoms with E-state index >= 15 is 4.39 Å². The van der Waals surface area contributed by atoms with Crippen molar-refractivity contribution in [3.05, 3.63) is 76.2 Å². The minimum Gasteiger partial charge on any atom is -0.444 e. The van der Waals surface area contributed by atoms with E-state index in [4.69, 9.17) is 15.2 Å². The molecule has 0 bridgehead atoms. The van der Waals surface area contributed by atoms with Gasteiger partial charge in [-0.15, -0.1) is 11.3 Å². The predicted molar refractivity (Wildman–Crippen MR) is 231 cm³/mol. The molecule has 1 aromatic heterocycles. The highest BCUT2D eigenvalue weighted by atomic mass is 32.1. The number of thiazole rings is 1. The van der Waals surface area contributed by atoms with Gasteiger partial charge in [0.25, 0.3) is 0 Å². The summed E-state index contributed by atoms with van der Waals surface area (Å²) < 4.78 is 26.4. The molecule has 4 rings (SSSR count). The van der Waals surface area contributed by atoms with Crippen LogP contribution in [0.15, 0.2) is 48.0 Å². The highest BCUT2D eigenvalue weighted by molar-refractivity contribution is 7.13. The zero-order valence-electron chi connectivity index (χ0n) is 36.6. The van der Waals surface area contributed by atoms with E-state index in [1.54, 1.807) is 56.7 Å². The van der Waals surface area contributed by atoms with Gasteiger partial charge in [0.2, 0.25) is 23.6 Å². The number of amides is 5. The fourth-order valence-corrected chi connectivity index (χ4v) is 7.82. The highest BCUT2D eigenvalue weighted by Gasteiger charge is 2.44. The Balaban J connectivity index is 1.25. The molecule has 1 fully saturated rings. The van der Waals surface area contributed by atoms with Crippen LogP contribution in [-0.4, -0.2) is 87.2 Å². The number of aromatic nitrogens is 1. The number of rotatable bonds is 19. The van der Waals surface area contributed by atoms with Gasteiger partial charge in [-0.3, -0.25) is 19.2 Å². The van der Waals surface area contributed by atoms with Crippen LogP contribution < -0.4 is 21.7 Å². The number of nitrogens with zero attached hydrogens (tertiary/aromatic N) is 2. The first kappa shape index (κ1) is 48.7. The van der Waals surface area contributed by atoms with E-state index in [0.29, 0.717) is 24.8 Å². The van der Waals surface area contributed by atoms with Gasteiger partial charge >= 0.3 is 6.09 Å². The van der Waals surface area contributed by atoms with Gasteiger partial charge in [-0.1, -0.05) is 57.2 Å². The third kappa shape index (κ3) is 15.2. The van der Waals surface area contributed by atoms with Crippen molar-refractivity contribution in [2.75, 3.05) is 6.54 Å². The molecule has 14 nitrogen and oxygen atoms in total. The monoisotopic (exact) mass is 866 g/mol. The number of nitrogens with one attached hydrogen (secondary N) is 3. The molecule has 0 unspecified atom stereocenters. The molecule has 1 saturated heterocycles. The molecule has 5 atom stereocenters. The molecule has 16 heteroatoms. The van der Waals surface area contributed by atoms with Crippen molar-refractivity contribution in [2.45, 2.75) is 149 Å². The molecular formula is C45H63FN6O8S. The maximum atomic E-state index is 15.2. The molecule has 0 saturated carbocycles. The number of benzene rings is 2. The molecule has 3 aromatic rings. The SMILES string of the molecule is Cc1ncsc1-c1ccc(CNC(=O)[C@@H]2C[C@@H](O)CN2C(=O)[C@@H](NC(=O)CCCCc2ccc(CO[C@H](C)[C@H](CCC(N)=O)NC(=O)OC(C)(C)C)c(F)c2)C(C)(C)C)cc1. The van der Waals surface area contributed by atoms with Gasteiger partial charge in [-0.05, 0) is 88.5 Å².